The molecule has 0 aromatic heterocycles. The van der Waals surface area contributed by atoms with Crippen molar-refractivity contribution in [1.82, 2.24) is 5.32 Å². The molecule has 0 saturated carbocycles. The molecule has 0 aromatic rings. The van der Waals surface area contributed by atoms with Crippen molar-refractivity contribution >= 4 is 5.78 Å². The Balaban J connectivity index is 2.24. The molecule has 2 atom stereocenters. The molecule has 2 nitrogen and oxygen atoms in total. The molecule has 1 heterocycles. The molecular weight excluding hydrogens is 207 g/mol. The molecule has 1 fully saturated rings. The minimum Gasteiger partial charge on any atom is -0.316 e. The van der Waals surface area contributed by atoms with Crippen molar-refractivity contribution in [2.45, 2.75) is 32.4 Å². The van der Waals surface area contributed by atoms with Gasteiger partial charge in [-0.1, -0.05) is 6.92 Å². The van der Waals surface area contributed by atoms with Crippen molar-refractivity contribution in [3.63, 3.8) is 0 Å². The molecule has 15 heavy (non-hydrogen) atoms. The molecule has 0 amide bonds. The standard InChI is InChI=1S/C10H16F3NO/c1-7-5-14-6-8(7)9(15)3-2-4-10(11,12)13/h7-8,14H,2-6H2,1H3. The summed E-state index contributed by atoms with van der Waals surface area (Å²) in [6.07, 6.45) is -5.02. The monoisotopic (exact) mass is 223 g/mol. The average Bonchev–Trinajstić information content (AvgIpc) is 2.48. The van der Waals surface area contributed by atoms with Crippen LogP contribution in [0.15, 0.2) is 0 Å². The number of halogens is 3. The maximum absolute atomic E-state index is 11.8. The van der Waals surface area contributed by atoms with Crippen LogP contribution in [-0.4, -0.2) is 25.0 Å². The molecule has 1 aliphatic heterocycles. The first-order valence-electron chi connectivity index (χ1n) is 5.20. The molecule has 0 spiro atoms. The predicted octanol–water partition coefficient (Wildman–Crippen LogP) is 2.14. The zero-order chi connectivity index (χ0) is 11.5. The third kappa shape index (κ3) is 4.20. The fourth-order valence-electron chi connectivity index (χ4n) is 1.89. The molecule has 88 valence electrons. The van der Waals surface area contributed by atoms with Gasteiger partial charge in [0.15, 0.2) is 0 Å². The third-order valence-corrected chi connectivity index (χ3v) is 2.81. The van der Waals surface area contributed by atoms with Gasteiger partial charge in [0.05, 0.1) is 0 Å². The van der Waals surface area contributed by atoms with Gasteiger partial charge in [0.2, 0.25) is 0 Å². The van der Waals surface area contributed by atoms with Gasteiger partial charge in [0.1, 0.15) is 5.78 Å². The van der Waals surface area contributed by atoms with Crippen LogP contribution in [0.5, 0.6) is 0 Å². The highest BCUT2D eigenvalue weighted by Crippen LogP contribution is 2.24. The van der Waals surface area contributed by atoms with Gasteiger partial charge in [-0.25, -0.2) is 0 Å². The van der Waals surface area contributed by atoms with Crippen LogP contribution in [0.1, 0.15) is 26.2 Å². The highest BCUT2D eigenvalue weighted by molar-refractivity contribution is 5.81. The molecule has 1 N–H and O–H groups in total. The van der Waals surface area contributed by atoms with E-state index in [2.05, 4.69) is 5.32 Å². The van der Waals surface area contributed by atoms with Crippen LogP contribution >= 0.6 is 0 Å². The smallest absolute Gasteiger partial charge is 0.316 e. The maximum atomic E-state index is 11.8. The SMILES string of the molecule is CC1CNCC1C(=O)CCCC(F)(F)F. The lowest BCUT2D eigenvalue weighted by molar-refractivity contribution is -0.137. The van der Waals surface area contributed by atoms with E-state index in [1.807, 2.05) is 6.92 Å². The summed E-state index contributed by atoms with van der Waals surface area (Å²) in [6.45, 7) is 3.36. The number of Topliss-reactive ketones (excluding diaryl/α,β-unsaturated/α-hetero) is 1. The minimum absolute atomic E-state index is 0.0308. The van der Waals surface area contributed by atoms with Gasteiger partial charge in [-0.3, -0.25) is 4.79 Å². The molecule has 0 radical (unpaired) electrons. The van der Waals surface area contributed by atoms with Gasteiger partial charge >= 0.3 is 6.18 Å². The first-order valence-corrected chi connectivity index (χ1v) is 5.20. The van der Waals surface area contributed by atoms with E-state index in [9.17, 15) is 18.0 Å². The molecule has 2 unspecified atom stereocenters. The Morgan fingerprint density at radius 1 is 1.40 bits per heavy atom. The molecular formula is C10H16F3NO. The van der Waals surface area contributed by atoms with E-state index in [0.29, 0.717) is 6.54 Å². The van der Waals surface area contributed by atoms with Gasteiger partial charge < -0.3 is 5.32 Å². The fourth-order valence-corrected chi connectivity index (χ4v) is 1.89. The number of carbonyl (C=O) groups excluding carboxylic acids is 1. The van der Waals surface area contributed by atoms with E-state index < -0.39 is 12.6 Å². The van der Waals surface area contributed by atoms with E-state index >= 15 is 0 Å². The average molecular weight is 223 g/mol. The number of carbonyl (C=O) groups is 1. The van der Waals surface area contributed by atoms with Gasteiger partial charge in [0, 0.05) is 25.3 Å². The summed E-state index contributed by atoms with van der Waals surface area (Å²) in [7, 11) is 0. The summed E-state index contributed by atoms with van der Waals surface area (Å²) in [5.41, 5.74) is 0. The van der Waals surface area contributed by atoms with E-state index in [0.717, 1.165) is 6.54 Å². The van der Waals surface area contributed by atoms with Crippen molar-refractivity contribution in [2.75, 3.05) is 13.1 Å². The lowest BCUT2D eigenvalue weighted by Gasteiger charge is -2.12. The summed E-state index contributed by atoms with van der Waals surface area (Å²) in [5, 5.41) is 3.07. The Kier molecular flexibility index (Phi) is 4.13. The highest BCUT2D eigenvalue weighted by Gasteiger charge is 2.31. The van der Waals surface area contributed by atoms with Crippen LogP contribution in [0.2, 0.25) is 0 Å². The van der Waals surface area contributed by atoms with Crippen LogP contribution in [-0.2, 0) is 4.79 Å². The number of hydrogen-bond acceptors (Lipinski definition) is 2. The number of rotatable bonds is 4. The van der Waals surface area contributed by atoms with Crippen LogP contribution < -0.4 is 5.32 Å². The Bertz CT molecular complexity index is 227. The second-order valence-corrected chi connectivity index (χ2v) is 4.18. The second-order valence-electron chi connectivity index (χ2n) is 4.18. The summed E-state index contributed by atoms with van der Waals surface area (Å²) >= 11 is 0. The van der Waals surface area contributed by atoms with E-state index in [4.69, 9.17) is 0 Å². The third-order valence-electron chi connectivity index (χ3n) is 2.81. The van der Waals surface area contributed by atoms with Crippen molar-refractivity contribution in [3.05, 3.63) is 0 Å². The minimum atomic E-state index is -4.14. The fraction of sp³-hybridized carbons (Fsp3) is 0.900. The summed E-state index contributed by atoms with van der Waals surface area (Å²) in [5.74, 6) is 0.137. The van der Waals surface area contributed by atoms with E-state index in [1.54, 1.807) is 0 Å². The van der Waals surface area contributed by atoms with E-state index in [-0.39, 0.29) is 30.5 Å². The molecule has 1 aliphatic rings. The maximum Gasteiger partial charge on any atom is 0.389 e. The van der Waals surface area contributed by atoms with Crippen LogP contribution in [0.25, 0.3) is 0 Å². The number of ketones is 1. The predicted molar refractivity (Wildman–Crippen MR) is 50.4 cm³/mol. The van der Waals surface area contributed by atoms with Gasteiger partial charge in [0.25, 0.3) is 0 Å². The molecule has 0 aromatic carbocycles. The normalized spacial score (nSPS) is 26.9. The van der Waals surface area contributed by atoms with Crippen LogP contribution in [0, 0.1) is 11.8 Å². The van der Waals surface area contributed by atoms with Crippen molar-refractivity contribution in [3.8, 4) is 0 Å². The summed E-state index contributed by atoms with van der Waals surface area (Å²) < 4.78 is 35.5. The zero-order valence-corrected chi connectivity index (χ0v) is 8.73. The number of alkyl halides is 3. The zero-order valence-electron chi connectivity index (χ0n) is 8.73. The first kappa shape index (κ1) is 12.5. The van der Waals surface area contributed by atoms with E-state index in [1.165, 1.54) is 0 Å². The highest BCUT2D eigenvalue weighted by atomic mass is 19.4. The quantitative estimate of drug-likeness (QED) is 0.791. The Morgan fingerprint density at radius 2 is 2.07 bits per heavy atom. The van der Waals surface area contributed by atoms with Crippen molar-refractivity contribution < 1.29 is 18.0 Å². The second kappa shape index (κ2) is 4.96. The number of hydrogen-bond donors (Lipinski definition) is 1. The molecule has 0 aliphatic carbocycles. The molecule has 1 rings (SSSR count). The lowest BCUT2D eigenvalue weighted by Crippen LogP contribution is -2.21. The molecule has 1 saturated heterocycles. The topological polar surface area (TPSA) is 29.1 Å². The van der Waals surface area contributed by atoms with Crippen molar-refractivity contribution in [2.24, 2.45) is 11.8 Å². The molecule has 5 heteroatoms. The Hall–Kier alpha value is -0.580. The van der Waals surface area contributed by atoms with Gasteiger partial charge in [-0.05, 0) is 18.9 Å². The summed E-state index contributed by atoms with van der Waals surface area (Å²) in [4.78, 5) is 11.5. The van der Waals surface area contributed by atoms with Crippen LogP contribution in [0.4, 0.5) is 13.2 Å². The summed E-state index contributed by atoms with van der Waals surface area (Å²) in [6, 6.07) is 0. The van der Waals surface area contributed by atoms with Gasteiger partial charge in [-0.2, -0.15) is 13.2 Å². The van der Waals surface area contributed by atoms with Crippen LogP contribution in [0.3, 0.4) is 0 Å². The van der Waals surface area contributed by atoms with Crippen molar-refractivity contribution in [1.29, 1.82) is 0 Å². The lowest BCUT2D eigenvalue weighted by atomic mass is 9.91. The Morgan fingerprint density at radius 3 is 2.53 bits per heavy atom. The Labute approximate surface area is 87.2 Å². The molecule has 0 bridgehead atoms. The van der Waals surface area contributed by atoms with Gasteiger partial charge in [-0.15, -0.1) is 0 Å². The largest absolute Gasteiger partial charge is 0.389 e. The number of nitrogens with one attached hydrogen (secondary N) is 1. The first-order chi connectivity index (χ1) is 6.90.